The maximum atomic E-state index is 13.5. The van der Waals surface area contributed by atoms with E-state index in [4.69, 9.17) is 4.98 Å². The lowest BCUT2D eigenvalue weighted by molar-refractivity contribution is -0.118. The van der Waals surface area contributed by atoms with Crippen LogP contribution in [0.25, 0.3) is 10.2 Å². The number of para-hydroxylation sites is 1. The molecule has 0 spiro atoms. The van der Waals surface area contributed by atoms with E-state index in [-0.39, 0.29) is 17.2 Å². The molecule has 0 saturated heterocycles. The highest BCUT2D eigenvalue weighted by Crippen LogP contribution is 2.32. The number of amides is 1. The summed E-state index contributed by atoms with van der Waals surface area (Å²) < 4.78 is 25.9. The van der Waals surface area contributed by atoms with Gasteiger partial charge in [0.25, 0.3) is 0 Å². The van der Waals surface area contributed by atoms with Crippen LogP contribution in [0.5, 0.6) is 0 Å². The minimum absolute atomic E-state index is 0.111. The van der Waals surface area contributed by atoms with Gasteiger partial charge in [0.15, 0.2) is 15.0 Å². The fourth-order valence-electron chi connectivity index (χ4n) is 3.67. The zero-order chi connectivity index (χ0) is 24.3. The summed E-state index contributed by atoms with van der Waals surface area (Å²) >= 11 is 1.50. The van der Waals surface area contributed by atoms with Crippen molar-refractivity contribution in [2.75, 3.05) is 4.90 Å². The SMILES string of the molecule is CCc1cccc2sc(N(Cc3cccnc3)C(=O)Cc3ccc(S(=O)(=O)C(C)C)cc3)nc12. The van der Waals surface area contributed by atoms with E-state index in [0.29, 0.717) is 11.7 Å². The van der Waals surface area contributed by atoms with Crippen molar-refractivity contribution in [1.29, 1.82) is 0 Å². The molecule has 2 aromatic carbocycles. The van der Waals surface area contributed by atoms with Gasteiger partial charge in [0.05, 0.1) is 33.3 Å². The Morgan fingerprint density at radius 3 is 2.44 bits per heavy atom. The zero-order valence-corrected chi connectivity index (χ0v) is 21.1. The Morgan fingerprint density at radius 2 is 1.79 bits per heavy atom. The zero-order valence-electron chi connectivity index (χ0n) is 19.4. The molecule has 0 unspecified atom stereocenters. The van der Waals surface area contributed by atoms with Gasteiger partial charge >= 0.3 is 0 Å². The van der Waals surface area contributed by atoms with Gasteiger partial charge in [0, 0.05) is 12.4 Å². The van der Waals surface area contributed by atoms with Crippen LogP contribution >= 0.6 is 11.3 Å². The molecule has 2 heterocycles. The minimum Gasteiger partial charge on any atom is -0.283 e. The molecule has 4 rings (SSSR count). The van der Waals surface area contributed by atoms with Crippen LogP contribution in [-0.4, -0.2) is 29.5 Å². The largest absolute Gasteiger partial charge is 0.283 e. The molecule has 1 amide bonds. The Hall–Kier alpha value is -3.10. The van der Waals surface area contributed by atoms with Crippen molar-refractivity contribution in [2.45, 2.75) is 50.3 Å². The number of rotatable bonds is 8. The third-order valence-corrected chi connectivity index (χ3v) is 8.91. The van der Waals surface area contributed by atoms with Crippen molar-refractivity contribution in [3.05, 3.63) is 83.7 Å². The topological polar surface area (TPSA) is 80.2 Å². The maximum Gasteiger partial charge on any atom is 0.233 e. The van der Waals surface area contributed by atoms with Crippen molar-refractivity contribution in [1.82, 2.24) is 9.97 Å². The lowest BCUT2D eigenvalue weighted by Gasteiger charge is -2.20. The van der Waals surface area contributed by atoms with Crippen molar-refractivity contribution in [2.24, 2.45) is 0 Å². The van der Waals surface area contributed by atoms with Crippen LogP contribution in [0.1, 0.15) is 37.5 Å². The summed E-state index contributed by atoms with van der Waals surface area (Å²) in [6.07, 6.45) is 4.45. The first kappa shape index (κ1) is 24.0. The van der Waals surface area contributed by atoms with Crippen LogP contribution in [0.3, 0.4) is 0 Å². The maximum absolute atomic E-state index is 13.5. The molecule has 8 heteroatoms. The molecule has 4 aromatic rings. The third kappa shape index (κ3) is 5.03. The summed E-state index contributed by atoms with van der Waals surface area (Å²) in [7, 11) is -3.35. The molecule has 0 bridgehead atoms. The number of aryl methyl sites for hydroxylation is 1. The van der Waals surface area contributed by atoms with Crippen LogP contribution in [0.4, 0.5) is 5.13 Å². The second-order valence-electron chi connectivity index (χ2n) is 8.37. The molecule has 0 fully saturated rings. The van der Waals surface area contributed by atoms with Crippen LogP contribution < -0.4 is 4.90 Å². The second-order valence-corrected chi connectivity index (χ2v) is 11.9. The van der Waals surface area contributed by atoms with Crippen LogP contribution in [0, 0.1) is 0 Å². The number of anilines is 1. The predicted octanol–water partition coefficient (Wildman–Crippen LogP) is 5.21. The molecule has 6 nitrogen and oxygen atoms in total. The van der Waals surface area contributed by atoms with Gasteiger partial charge in [-0.05, 0) is 61.2 Å². The Bertz CT molecular complexity index is 1400. The molecule has 34 heavy (non-hydrogen) atoms. The lowest BCUT2D eigenvalue weighted by atomic mass is 10.1. The number of sulfone groups is 1. The Labute approximate surface area is 204 Å². The van der Waals surface area contributed by atoms with Crippen molar-refractivity contribution in [3.63, 3.8) is 0 Å². The molecule has 176 valence electrons. The summed E-state index contributed by atoms with van der Waals surface area (Å²) in [5.41, 5.74) is 3.73. The number of aromatic nitrogens is 2. The standard InChI is InChI=1S/C26H27N3O3S2/c1-4-21-8-5-9-23-25(21)28-26(33-23)29(17-20-7-6-14-27-16-20)24(30)15-19-10-12-22(13-11-19)34(31,32)18(2)3/h5-14,16,18H,4,15,17H2,1-3H3. The van der Waals surface area contributed by atoms with Gasteiger partial charge in [-0.25, -0.2) is 13.4 Å². The number of nitrogens with zero attached hydrogens (tertiary/aromatic N) is 3. The van der Waals surface area contributed by atoms with Crippen molar-refractivity contribution in [3.8, 4) is 0 Å². The molecule has 0 radical (unpaired) electrons. The average molecular weight is 494 g/mol. The first-order chi connectivity index (χ1) is 16.3. The van der Waals surface area contributed by atoms with E-state index in [0.717, 1.165) is 33.3 Å². The van der Waals surface area contributed by atoms with Crippen LogP contribution in [0.2, 0.25) is 0 Å². The molecule has 0 saturated carbocycles. The summed E-state index contributed by atoms with van der Waals surface area (Å²) in [5.74, 6) is -0.111. The molecule has 0 N–H and O–H groups in total. The van der Waals surface area contributed by atoms with Crippen LogP contribution in [0.15, 0.2) is 71.9 Å². The summed E-state index contributed by atoms with van der Waals surface area (Å²) in [4.78, 5) is 24.5. The second kappa shape index (κ2) is 10.0. The molecular formula is C26H27N3O3S2. The van der Waals surface area contributed by atoms with E-state index in [1.54, 1.807) is 55.4 Å². The van der Waals surface area contributed by atoms with Gasteiger partial charge in [-0.1, -0.05) is 48.6 Å². The minimum atomic E-state index is -3.35. The quantitative estimate of drug-likeness (QED) is 0.337. The summed E-state index contributed by atoms with van der Waals surface area (Å²) in [6, 6.07) is 16.5. The fraction of sp³-hybridized carbons (Fsp3) is 0.269. The highest BCUT2D eigenvalue weighted by atomic mass is 32.2. The molecule has 0 aliphatic rings. The highest BCUT2D eigenvalue weighted by molar-refractivity contribution is 7.92. The first-order valence-electron chi connectivity index (χ1n) is 11.2. The number of hydrogen-bond acceptors (Lipinski definition) is 6. The summed E-state index contributed by atoms with van der Waals surface area (Å²) in [5, 5.41) is 0.144. The molecule has 0 aliphatic heterocycles. The van der Waals surface area contributed by atoms with Gasteiger partial charge in [-0.2, -0.15) is 0 Å². The normalized spacial score (nSPS) is 11.8. The number of pyridine rings is 1. The highest BCUT2D eigenvalue weighted by Gasteiger charge is 2.23. The first-order valence-corrected chi connectivity index (χ1v) is 13.6. The van der Waals surface area contributed by atoms with Gasteiger partial charge in [0.1, 0.15) is 0 Å². The third-order valence-electron chi connectivity index (χ3n) is 5.70. The molecular weight excluding hydrogens is 466 g/mol. The van der Waals surface area contributed by atoms with Crippen LogP contribution in [-0.2, 0) is 34.0 Å². The lowest BCUT2D eigenvalue weighted by Crippen LogP contribution is -2.31. The van der Waals surface area contributed by atoms with E-state index < -0.39 is 15.1 Å². The Morgan fingerprint density at radius 1 is 1.03 bits per heavy atom. The van der Waals surface area contributed by atoms with E-state index >= 15 is 0 Å². The van der Waals surface area contributed by atoms with E-state index in [2.05, 4.69) is 18.0 Å². The number of benzene rings is 2. The van der Waals surface area contributed by atoms with Gasteiger partial charge < -0.3 is 0 Å². The van der Waals surface area contributed by atoms with E-state index in [1.807, 2.05) is 24.3 Å². The number of carbonyl (C=O) groups excluding carboxylic acids is 1. The number of fused-ring (bicyclic) bond motifs is 1. The van der Waals surface area contributed by atoms with E-state index in [1.165, 1.54) is 11.3 Å². The number of hydrogen-bond donors (Lipinski definition) is 0. The molecule has 2 aromatic heterocycles. The van der Waals surface area contributed by atoms with E-state index in [9.17, 15) is 13.2 Å². The number of carbonyl (C=O) groups is 1. The molecule has 0 aliphatic carbocycles. The van der Waals surface area contributed by atoms with Gasteiger partial charge in [0.2, 0.25) is 5.91 Å². The number of thiazole rings is 1. The Balaban J connectivity index is 1.65. The summed E-state index contributed by atoms with van der Waals surface area (Å²) in [6.45, 7) is 5.76. The van der Waals surface area contributed by atoms with Crippen molar-refractivity contribution < 1.29 is 13.2 Å². The fourth-order valence-corrected chi connectivity index (χ4v) is 5.76. The smallest absolute Gasteiger partial charge is 0.233 e. The van der Waals surface area contributed by atoms with Gasteiger partial charge in [-0.3, -0.25) is 14.7 Å². The molecule has 0 atom stereocenters. The van der Waals surface area contributed by atoms with Gasteiger partial charge in [-0.15, -0.1) is 0 Å². The predicted molar refractivity (Wildman–Crippen MR) is 137 cm³/mol. The monoisotopic (exact) mass is 493 g/mol. The Kier molecular flexibility index (Phi) is 7.09. The average Bonchev–Trinajstić information content (AvgIpc) is 3.27. The van der Waals surface area contributed by atoms with Crippen molar-refractivity contribution >= 4 is 42.4 Å².